The lowest BCUT2D eigenvalue weighted by molar-refractivity contribution is 0.636. The second kappa shape index (κ2) is 5.59. The number of hydrogen-bond donors (Lipinski definition) is 1. The number of aromatic nitrogens is 4. The monoisotopic (exact) mass is 449 g/mol. The van der Waals surface area contributed by atoms with Gasteiger partial charge in [0.1, 0.15) is 0 Å². The van der Waals surface area contributed by atoms with E-state index in [9.17, 15) is 0 Å². The van der Waals surface area contributed by atoms with Crippen molar-refractivity contribution in [3.63, 3.8) is 0 Å². The lowest BCUT2D eigenvalue weighted by Gasteiger charge is -2.10. The fraction of sp³-hybridized carbons (Fsp3) is 0.364. The summed E-state index contributed by atoms with van der Waals surface area (Å²) in [5.74, 6) is 0.802. The number of rotatable bonds is 4. The van der Waals surface area contributed by atoms with E-state index in [0.717, 1.165) is 24.9 Å². The smallest absolute Gasteiger partial charge is 0.170 e. The quantitative estimate of drug-likeness (QED) is 0.775. The van der Waals surface area contributed by atoms with E-state index in [2.05, 4.69) is 68.6 Å². The van der Waals surface area contributed by atoms with Crippen LogP contribution in [0.1, 0.15) is 18.7 Å². The zero-order valence-electron chi connectivity index (χ0n) is 9.78. The molecule has 5 nitrogen and oxygen atoms in total. The van der Waals surface area contributed by atoms with Crippen molar-refractivity contribution in [1.29, 1.82) is 0 Å². The molecule has 19 heavy (non-hydrogen) atoms. The zero-order chi connectivity index (χ0) is 13.4. The molecule has 1 aromatic carbocycles. The first-order valence-electron chi connectivity index (χ1n) is 5.80. The summed E-state index contributed by atoms with van der Waals surface area (Å²) < 4.78 is 4.58. The topological polar surface area (TPSA) is 55.6 Å². The molecule has 2 aromatic rings. The third kappa shape index (κ3) is 3.07. The van der Waals surface area contributed by atoms with Gasteiger partial charge in [-0.25, -0.2) is 0 Å². The predicted octanol–water partition coefficient (Wildman–Crippen LogP) is 3.20. The van der Waals surface area contributed by atoms with Crippen LogP contribution in [0.3, 0.4) is 0 Å². The zero-order valence-corrected chi connectivity index (χ0v) is 14.5. The first-order valence-corrected chi connectivity index (χ1v) is 8.18. The Morgan fingerprint density at radius 2 is 1.89 bits per heavy atom. The molecule has 1 N–H and O–H groups in total. The van der Waals surface area contributed by atoms with Crippen LogP contribution in [0.4, 0.5) is 0 Å². The van der Waals surface area contributed by atoms with Gasteiger partial charge >= 0.3 is 0 Å². The van der Waals surface area contributed by atoms with Crippen LogP contribution in [0.5, 0.6) is 0 Å². The minimum absolute atomic E-state index is 0.627. The molecule has 0 saturated heterocycles. The van der Waals surface area contributed by atoms with Crippen LogP contribution in [0, 0.1) is 0 Å². The molecule has 0 atom stereocenters. The molecule has 0 spiro atoms. The summed E-state index contributed by atoms with van der Waals surface area (Å²) >= 11 is 10.6. The van der Waals surface area contributed by atoms with E-state index >= 15 is 0 Å². The van der Waals surface area contributed by atoms with Crippen molar-refractivity contribution in [2.75, 3.05) is 0 Å². The van der Waals surface area contributed by atoms with Crippen LogP contribution < -0.4 is 5.32 Å². The minimum atomic E-state index is 0.627. The Morgan fingerprint density at radius 3 is 2.53 bits per heavy atom. The number of nitrogens with one attached hydrogen (secondary N) is 1. The van der Waals surface area contributed by atoms with E-state index in [-0.39, 0.29) is 0 Å². The largest absolute Gasteiger partial charge is 0.307 e. The maximum Gasteiger partial charge on any atom is 0.170 e. The van der Waals surface area contributed by atoms with E-state index < -0.39 is 0 Å². The molecule has 1 saturated carbocycles. The highest BCUT2D eigenvalue weighted by Gasteiger charge is 2.22. The molecule has 1 aromatic heterocycles. The molecule has 0 radical (unpaired) electrons. The fourth-order valence-electron chi connectivity index (χ4n) is 1.75. The lowest BCUT2D eigenvalue weighted by Crippen LogP contribution is -2.19. The molecule has 1 fully saturated rings. The van der Waals surface area contributed by atoms with Gasteiger partial charge in [-0.05, 0) is 67.3 Å². The fourth-order valence-corrected chi connectivity index (χ4v) is 4.34. The van der Waals surface area contributed by atoms with Crippen molar-refractivity contribution < 1.29 is 0 Å². The highest BCUT2D eigenvalue weighted by Crippen LogP contribution is 2.32. The first kappa shape index (κ1) is 13.7. The van der Waals surface area contributed by atoms with Gasteiger partial charge < -0.3 is 5.32 Å². The Balaban J connectivity index is 1.95. The Bertz CT molecular complexity index is 585. The van der Waals surface area contributed by atoms with Gasteiger partial charge in [0.15, 0.2) is 5.82 Å². The molecule has 0 bridgehead atoms. The predicted molar refractivity (Wildman–Crippen MR) is 82.1 cm³/mol. The van der Waals surface area contributed by atoms with Crippen molar-refractivity contribution in [2.45, 2.75) is 25.4 Å². The summed E-state index contributed by atoms with van der Waals surface area (Å²) in [6.45, 7) is 0.673. The van der Waals surface area contributed by atoms with E-state index in [1.54, 1.807) is 4.68 Å². The van der Waals surface area contributed by atoms with Gasteiger partial charge in [-0.2, -0.15) is 4.68 Å². The van der Waals surface area contributed by atoms with E-state index in [0.29, 0.717) is 12.6 Å². The average molecular weight is 452 g/mol. The Hall–Kier alpha value is -0.310. The summed E-state index contributed by atoms with van der Waals surface area (Å²) in [5.41, 5.74) is 0.904. The van der Waals surface area contributed by atoms with Crippen molar-refractivity contribution in [1.82, 2.24) is 25.5 Å². The van der Waals surface area contributed by atoms with E-state index in [1.165, 1.54) is 12.8 Å². The van der Waals surface area contributed by atoms with Crippen molar-refractivity contribution >= 4 is 47.8 Å². The average Bonchev–Trinajstić information content (AvgIpc) is 3.06. The van der Waals surface area contributed by atoms with Crippen LogP contribution in [-0.2, 0) is 6.54 Å². The second-order valence-electron chi connectivity index (χ2n) is 4.38. The summed E-state index contributed by atoms with van der Waals surface area (Å²) in [5, 5.41) is 15.3. The van der Waals surface area contributed by atoms with Gasteiger partial charge in [0, 0.05) is 19.5 Å². The van der Waals surface area contributed by atoms with E-state index in [4.69, 9.17) is 0 Å². The minimum Gasteiger partial charge on any atom is -0.307 e. The van der Waals surface area contributed by atoms with Crippen LogP contribution >= 0.6 is 47.8 Å². The normalized spacial score (nSPS) is 14.9. The number of tetrazole rings is 1. The Labute approximate surface area is 135 Å². The maximum atomic E-state index is 4.08. The molecule has 0 unspecified atom stereocenters. The van der Waals surface area contributed by atoms with Crippen molar-refractivity contribution in [2.24, 2.45) is 0 Å². The van der Waals surface area contributed by atoms with Gasteiger partial charge in [0.2, 0.25) is 0 Å². The van der Waals surface area contributed by atoms with Crippen molar-refractivity contribution in [3.8, 4) is 5.69 Å². The summed E-state index contributed by atoms with van der Waals surface area (Å²) in [6.07, 6.45) is 2.49. The van der Waals surface area contributed by atoms with Crippen molar-refractivity contribution in [3.05, 3.63) is 31.4 Å². The van der Waals surface area contributed by atoms with Gasteiger partial charge in [0.05, 0.1) is 12.2 Å². The summed E-state index contributed by atoms with van der Waals surface area (Å²) in [6, 6.07) is 4.57. The molecule has 1 aliphatic rings. The highest BCUT2D eigenvalue weighted by atomic mass is 79.9. The van der Waals surface area contributed by atoms with Crippen LogP contribution in [0.15, 0.2) is 25.6 Å². The molecule has 1 aliphatic carbocycles. The molecule has 0 aliphatic heterocycles. The van der Waals surface area contributed by atoms with Crippen LogP contribution in [0.25, 0.3) is 5.69 Å². The summed E-state index contributed by atoms with van der Waals surface area (Å²) in [7, 11) is 0. The Kier molecular flexibility index (Phi) is 4.02. The molecule has 1 heterocycles. The highest BCUT2D eigenvalue weighted by molar-refractivity contribution is 9.11. The van der Waals surface area contributed by atoms with Crippen LogP contribution in [0.2, 0.25) is 0 Å². The molecular formula is C11H10Br3N5. The summed E-state index contributed by atoms with van der Waals surface area (Å²) in [4.78, 5) is 0. The Morgan fingerprint density at radius 1 is 1.21 bits per heavy atom. The molecule has 3 rings (SSSR count). The van der Waals surface area contributed by atoms with Gasteiger partial charge in [0.25, 0.3) is 0 Å². The molecule has 100 valence electrons. The van der Waals surface area contributed by atoms with Gasteiger partial charge in [-0.3, -0.25) is 0 Å². The maximum absolute atomic E-state index is 4.08. The van der Waals surface area contributed by atoms with Crippen LogP contribution in [-0.4, -0.2) is 26.2 Å². The lowest BCUT2D eigenvalue weighted by atomic mass is 10.3. The first-order chi connectivity index (χ1) is 9.15. The number of hydrogen-bond acceptors (Lipinski definition) is 4. The van der Waals surface area contributed by atoms with Gasteiger partial charge in [-0.15, -0.1) is 5.10 Å². The number of benzene rings is 1. The molecule has 0 amide bonds. The number of halogens is 3. The molecule has 8 heteroatoms. The second-order valence-corrected chi connectivity index (χ2v) is 7.00. The van der Waals surface area contributed by atoms with Gasteiger partial charge in [-0.1, -0.05) is 15.9 Å². The SMILES string of the molecule is Brc1cc(Br)c(-n2nnnc2CNC2CC2)c(Br)c1. The standard InChI is InChI=1S/C11H10Br3N5/c12-6-3-8(13)11(9(14)4-6)19-10(16-17-18-19)5-15-7-1-2-7/h3-4,7,15H,1-2,5H2. The third-order valence-corrected chi connectivity index (χ3v) is 4.52. The third-order valence-electron chi connectivity index (χ3n) is 2.85. The molecular weight excluding hydrogens is 442 g/mol. The number of nitrogens with zero attached hydrogens (tertiary/aromatic N) is 4. The van der Waals surface area contributed by atoms with E-state index in [1.807, 2.05) is 12.1 Å².